The summed E-state index contributed by atoms with van der Waals surface area (Å²) < 4.78 is 30.8. The molecule has 4 heterocycles. The third-order valence-corrected chi connectivity index (χ3v) is 19.4. The summed E-state index contributed by atoms with van der Waals surface area (Å²) in [5, 5.41) is -0.328. The van der Waals surface area contributed by atoms with E-state index in [2.05, 4.69) is 108 Å². The van der Waals surface area contributed by atoms with Crippen molar-refractivity contribution < 1.29 is 18.0 Å². The summed E-state index contributed by atoms with van der Waals surface area (Å²) in [5.74, 6) is 0. The Labute approximate surface area is 267 Å². The molecule has 0 aliphatic carbocycles. The zero-order chi connectivity index (χ0) is 31.6. The van der Waals surface area contributed by atoms with E-state index in [1.54, 1.807) is 6.33 Å². The Morgan fingerprint density at radius 1 is 0.977 bits per heavy atom. The summed E-state index contributed by atoms with van der Waals surface area (Å²) in [6, 6.07) is 10.2. The average molecular weight is 688 g/mol. The van der Waals surface area contributed by atoms with Gasteiger partial charge in [0.05, 0.1) is 12.3 Å². The van der Waals surface area contributed by atoms with Gasteiger partial charge in [-0.1, -0.05) is 98.7 Å². The smallest absolute Gasteiger partial charge is 0.349 e. The molecule has 2 saturated heterocycles. The second-order valence-corrected chi connectivity index (χ2v) is 25.6. The van der Waals surface area contributed by atoms with Crippen LogP contribution in [0.2, 0.25) is 28.2 Å². The summed E-state index contributed by atoms with van der Waals surface area (Å²) in [6.45, 7) is 25.2. The maximum atomic E-state index is 7.29. The number of benzene rings is 1. The average Bonchev–Trinajstić information content (AvgIpc) is 3.41. The summed E-state index contributed by atoms with van der Waals surface area (Å²) in [7, 11) is -5.05. The molecule has 2 fully saturated rings. The van der Waals surface area contributed by atoms with Gasteiger partial charge in [0.1, 0.15) is 30.2 Å². The first-order valence-electron chi connectivity index (χ1n) is 15.1. The first kappa shape index (κ1) is 32.7. The van der Waals surface area contributed by atoms with Gasteiger partial charge in [-0.15, -0.1) is 0 Å². The second kappa shape index (κ2) is 11.3. The van der Waals surface area contributed by atoms with Crippen LogP contribution < -0.4 is 0 Å². The van der Waals surface area contributed by atoms with Crippen LogP contribution in [0.5, 0.6) is 0 Å². The molecular weight excluding hydrogens is 640 g/mol. The van der Waals surface area contributed by atoms with Crippen molar-refractivity contribution in [2.24, 2.45) is 0 Å². The molecule has 43 heavy (non-hydrogen) atoms. The largest absolute Gasteiger partial charge is 0.407 e. The number of rotatable bonds is 5. The highest BCUT2D eigenvalue weighted by atomic mass is 79.9. The van der Waals surface area contributed by atoms with Gasteiger partial charge in [-0.2, -0.15) is 0 Å². The van der Waals surface area contributed by atoms with Crippen molar-refractivity contribution in [3.05, 3.63) is 52.7 Å². The van der Waals surface area contributed by atoms with Gasteiger partial charge in [0.2, 0.25) is 0 Å². The molecule has 1 aromatic carbocycles. The molecule has 3 aromatic rings. The minimum Gasteiger partial charge on any atom is -0.407 e. The van der Waals surface area contributed by atoms with E-state index in [9.17, 15) is 0 Å². The monoisotopic (exact) mass is 686 g/mol. The number of nitrogens with zero attached hydrogens (tertiary/aromatic N) is 4. The molecule has 0 radical (unpaired) electrons. The van der Waals surface area contributed by atoms with Crippen LogP contribution in [0.25, 0.3) is 23.3 Å². The molecule has 2 aliphatic heterocycles. The third-order valence-electron chi connectivity index (χ3n) is 9.20. The van der Waals surface area contributed by atoms with Crippen LogP contribution >= 0.6 is 15.9 Å². The van der Waals surface area contributed by atoms with Gasteiger partial charge in [-0.05, 0) is 45.7 Å². The van der Waals surface area contributed by atoms with Crippen molar-refractivity contribution >= 4 is 56.1 Å². The Morgan fingerprint density at radius 2 is 1.63 bits per heavy atom. The van der Waals surface area contributed by atoms with Crippen molar-refractivity contribution in [2.45, 2.75) is 115 Å². The topological polar surface area (TPSA) is 80.5 Å². The van der Waals surface area contributed by atoms with Crippen LogP contribution in [0.3, 0.4) is 0 Å². The molecule has 2 aliphatic rings. The SMILES string of the molecule is CC(C)(C)[Si](C)(C)O[C@@H]1[C@@H]2O[Si](C(C)(C)C)(C(C)(C)C)OC[C@H]2O[C@H]1n1c(Br)nc2c(/C=C/c3ccccc3)ncnc21. The highest BCUT2D eigenvalue weighted by molar-refractivity contribution is 9.10. The molecule has 5 rings (SSSR count). The van der Waals surface area contributed by atoms with Gasteiger partial charge in [0.15, 0.2) is 24.9 Å². The minimum atomic E-state index is -2.78. The summed E-state index contributed by atoms with van der Waals surface area (Å²) in [4.78, 5) is 14.2. The van der Waals surface area contributed by atoms with Crippen LogP contribution in [-0.2, 0) is 18.0 Å². The Morgan fingerprint density at radius 3 is 2.23 bits per heavy atom. The molecule has 0 saturated carbocycles. The highest BCUT2D eigenvalue weighted by Gasteiger charge is 2.66. The zero-order valence-electron chi connectivity index (χ0n) is 27.4. The van der Waals surface area contributed by atoms with Gasteiger partial charge in [0.25, 0.3) is 0 Å². The van der Waals surface area contributed by atoms with Crippen molar-refractivity contribution in [3.8, 4) is 0 Å². The molecule has 11 heteroatoms. The van der Waals surface area contributed by atoms with Crippen LogP contribution in [-0.4, -0.2) is 61.3 Å². The van der Waals surface area contributed by atoms with Crippen molar-refractivity contribution in [1.82, 2.24) is 19.5 Å². The first-order chi connectivity index (χ1) is 19.9. The number of hydrogen-bond acceptors (Lipinski definition) is 7. The lowest BCUT2D eigenvalue weighted by molar-refractivity contribution is -0.0798. The van der Waals surface area contributed by atoms with E-state index in [0.717, 1.165) is 11.3 Å². The Hall–Kier alpha value is -1.74. The van der Waals surface area contributed by atoms with Gasteiger partial charge >= 0.3 is 8.56 Å². The highest BCUT2D eigenvalue weighted by Crippen LogP contribution is 2.57. The van der Waals surface area contributed by atoms with Gasteiger partial charge in [-0.3, -0.25) is 4.57 Å². The van der Waals surface area contributed by atoms with Gasteiger partial charge in [-0.25, -0.2) is 15.0 Å². The lowest BCUT2D eigenvalue weighted by Crippen LogP contribution is -2.66. The molecule has 0 amide bonds. The summed E-state index contributed by atoms with van der Waals surface area (Å²) >= 11 is 3.75. The van der Waals surface area contributed by atoms with E-state index >= 15 is 0 Å². The standard InChI is InChI=1S/C32H47BrN4O4Si2/c1-30(2,3)42(10,11)40-26-25-23(19-38-43(41-25,31(4,5)6)32(7,8)9)39-28(26)37-27-24(36-29(37)33)22(34-20-35-27)18-17-21-15-13-12-14-16-21/h12-18,20,23,25-26,28H,19H2,1-11H3/b18-17+/t23-,25-,26-,28-/m1/s1. The summed E-state index contributed by atoms with van der Waals surface area (Å²) in [6.07, 6.45) is 4.13. The predicted molar refractivity (Wildman–Crippen MR) is 180 cm³/mol. The maximum Gasteiger partial charge on any atom is 0.349 e. The molecule has 8 nitrogen and oxygen atoms in total. The molecule has 0 N–H and O–H groups in total. The van der Waals surface area contributed by atoms with Crippen molar-refractivity contribution in [1.29, 1.82) is 0 Å². The molecular formula is C32H47BrN4O4Si2. The Kier molecular flexibility index (Phi) is 8.55. The number of fused-ring (bicyclic) bond motifs is 2. The fourth-order valence-corrected chi connectivity index (χ4v) is 12.9. The molecule has 2 aromatic heterocycles. The van der Waals surface area contributed by atoms with Gasteiger partial charge < -0.3 is 18.0 Å². The van der Waals surface area contributed by atoms with Gasteiger partial charge in [0, 0.05) is 10.1 Å². The molecule has 4 atom stereocenters. The number of aromatic nitrogens is 4. The minimum absolute atomic E-state index is 0.00478. The summed E-state index contributed by atoms with van der Waals surface area (Å²) in [5.41, 5.74) is 3.19. The number of imidazole rings is 1. The second-order valence-electron chi connectivity index (χ2n) is 15.3. The maximum absolute atomic E-state index is 7.29. The third kappa shape index (κ3) is 5.86. The van der Waals surface area contributed by atoms with Crippen LogP contribution in [0.15, 0.2) is 41.4 Å². The molecule has 0 unspecified atom stereocenters. The molecule has 0 bridgehead atoms. The first-order valence-corrected chi connectivity index (χ1v) is 20.6. The zero-order valence-corrected chi connectivity index (χ0v) is 31.0. The fraction of sp³-hybridized carbons (Fsp3) is 0.594. The Balaban J connectivity index is 1.60. The van der Waals surface area contributed by atoms with E-state index in [1.165, 1.54) is 0 Å². The van der Waals surface area contributed by atoms with E-state index in [4.69, 9.17) is 28.0 Å². The Bertz CT molecular complexity index is 1480. The van der Waals surface area contributed by atoms with Crippen LogP contribution in [0.4, 0.5) is 0 Å². The number of ether oxygens (including phenoxy) is 1. The number of hydrogen-bond donors (Lipinski definition) is 0. The van der Waals surface area contributed by atoms with Crippen LogP contribution in [0.1, 0.15) is 79.8 Å². The number of halogens is 1. The lowest BCUT2D eigenvalue weighted by Gasteiger charge is -2.54. The van der Waals surface area contributed by atoms with E-state index in [-0.39, 0.29) is 33.4 Å². The van der Waals surface area contributed by atoms with E-state index < -0.39 is 23.1 Å². The van der Waals surface area contributed by atoms with Crippen molar-refractivity contribution in [2.75, 3.05) is 6.61 Å². The lowest BCUT2D eigenvalue weighted by atomic mass is 10.1. The molecule has 234 valence electrons. The van der Waals surface area contributed by atoms with Crippen LogP contribution in [0, 0.1) is 0 Å². The predicted octanol–water partition coefficient (Wildman–Crippen LogP) is 8.50. The quantitative estimate of drug-likeness (QED) is 0.197. The van der Waals surface area contributed by atoms with E-state index in [1.807, 2.05) is 34.9 Å². The van der Waals surface area contributed by atoms with E-state index in [0.29, 0.717) is 22.5 Å². The normalized spacial score (nSPS) is 25.0. The fourth-order valence-electron chi connectivity index (χ4n) is 6.16. The van der Waals surface area contributed by atoms with Crippen molar-refractivity contribution in [3.63, 3.8) is 0 Å². The molecule has 0 spiro atoms.